The molecule has 4 heteroatoms. The first kappa shape index (κ1) is 9.71. The third kappa shape index (κ3) is 2.15. The molecule has 0 atom stereocenters. The molecule has 1 aromatic carbocycles. The summed E-state index contributed by atoms with van der Waals surface area (Å²) in [4.78, 5) is 11.1. The van der Waals surface area contributed by atoms with Gasteiger partial charge in [-0.3, -0.25) is 5.43 Å². The summed E-state index contributed by atoms with van der Waals surface area (Å²) in [5.41, 5.74) is 5.33. The summed E-state index contributed by atoms with van der Waals surface area (Å²) in [6, 6.07) is 7.77. The fourth-order valence-electron chi connectivity index (χ4n) is 1.35. The van der Waals surface area contributed by atoms with Gasteiger partial charge in [-0.05, 0) is 18.6 Å². The number of rotatable bonds is 2. The Balaban J connectivity index is 2.10. The minimum Gasteiger partial charge on any atom is -0.461 e. The molecule has 0 aromatic heterocycles. The summed E-state index contributed by atoms with van der Waals surface area (Å²) in [6.45, 7) is 2.42. The number of nitrogens with one attached hydrogen (secondary N) is 1. The zero-order chi connectivity index (χ0) is 10.7. The van der Waals surface area contributed by atoms with E-state index in [-0.39, 0.29) is 5.97 Å². The Morgan fingerprint density at radius 3 is 2.87 bits per heavy atom. The van der Waals surface area contributed by atoms with Gasteiger partial charge in [0.1, 0.15) is 5.71 Å². The summed E-state index contributed by atoms with van der Waals surface area (Å²) in [6.07, 6.45) is 0.581. The number of hydrogen-bond acceptors (Lipinski definition) is 4. The molecule has 0 aliphatic carbocycles. The highest BCUT2D eigenvalue weighted by Crippen LogP contribution is 2.13. The molecule has 1 fully saturated rings. The van der Waals surface area contributed by atoms with E-state index in [4.69, 9.17) is 4.74 Å². The summed E-state index contributed by atoms with van der Waals surface area (Å²) >= 11 is 0. The summed E-state index contributed by atoms with van der Waals surface area (Å²) in [5.74, 6) is -0.323. The lowest BCUT2D eigenvalue weighted by Gasteiger charge is -2.03. The van der Waals surface area contributed by atoms with Gasteiger partial charge in [-0.1, -0.05) is 18.2 Å². The number of anilines is 1. The molecule has 0 unspecified atom stereocenters. The van der Waals surface area contributed by atoms with E-state index in [1.54, 1.807) is 0 Å². The van der Waals surface area contributed by atoms with Crippen LogP contribution in [0.2, 0.25) is 0 Å². The van der Waals surface area contributed by atoms with Gasteiger partial charge in [0.2, 0.25) is 0 Å². The van der Waals surface area contributed by atoms with Crippen molar-refractivity contribution in [1.82, 2.24) is 0 Å². The Kier molecular flexibility index (Phi) is 2.67. The zero-order valence-electron chi connectivity index (χ0n) is 8.49. The van der Waals surface area contributed by atoms with Crippen LogP contribution in [-0.2, 0) is 9.53 Å². The molecule has 0 spiro atoms. The molecular weight excluding hydrogens is 192 g/mol. The van der Waals surface area contributed by atoms with Crippen molar-refractivity contribution in [2.45, 2.75) is 13.3 Å². The number of hydrogen-bond donors (Lipinski definition) is 1. The van der Waals surface area contributed by atoms with Crippen molar-refractivity contribution in [3.8, 4) is 0 Å². The Labute approximate surface area is 87.9 Å². The molecular formula is C11H12N2O2. The van der Waals surface area contributed by atoms with Gasteiger partial charge in [0.15, 0.2) is 0 Å². The number of hydrazone groups is 1. The maximum atomic E-state index is 11.1. The summed E-state index contributed by atoms with van der Waals surface area (Å²) < 4.78 is 4.77. The van der Waals surface area contributed by atoms with Crippen LogP contribution >= 0.6 is 0 Å². The Morgan fingerprint density at radius 2 is 2.20 bits per heavy atom. The number of benzene rings is 1. The van der Waals surface area contributed by atoms with E-state index in [9.17, 15) is 4.79 Å². The van der Waals surface area contributed by atoms with E-state index in [0.717, 1.165) is 11.3 Å². The Morgan fingerprint density at radius 1 is 1.40 bits per heavy atom. The summed E-state index contributed by atoms with van der Waals surface area (Å²) in [7, 11) is 0. The van der Waals surface area contributed by atoms with Crippen molar-refractivity contribution >= 4 is 17.4 Å². The second kappa shape index (κ2) is 4.13. The van der Waals surface area contributed by atoms with Crippen molar-refractivity contribution in [1.29, 1.82) is 0 Å². The van der Waals surface area contributed by atoms with Gasteiger partial charge in [-0.2, -0.15) is 5.10 Å². The van der Waals surface area contributed by atoms with Gasteiger partial charge in [-0.15, -0.1) is 0 Å². The van der Waals surface area contributed by atoms with Crippen LogP contribution in [0.1, 0.15) is 12.0 Å². The van der Waals surface area contributed by atoms with Crippen LogP contribution in [-0.4, -0.2) is 18.3 Å². The molecule has 1 saturated heterocycles. The van der Waals surface area contributed by atoms with Gasteiger partial charge in [0, 0.05) is 6.42 Å². The molecule has 0 radical (unpaired) electrons. The van der Waals surface area contributed by atoms with Gasteiger partial charge in [0.25, 0.3) is 0 Å². The number of carbonyl (C=O) groups excluding carboxylic acids is 1. The van der Waals surface area contributed by atoms with Gasteiger partial charge < -0.3 is 4.74 Å². The average Bonchev–Trinajstić information content (AvgIpc) is 2.63. The van der Waals surface area contributed by atoms with Gasteiger partial charge in [-0.25, -0.2) is 4.79 Å². The average molecular weight is 204 g/mol. The SMILES string of the molecule is Cc1ccccc1N/N=C1/CCOC1=O. The Bertz CT molecular complexity index is 413. The first-order valence-corrected chi connectivity index (χ1v) is 4.83. The van der Waals surface area contributed by atoms with E-state index in [1.807, 2.05) is 31.2 Å². The fourth-order valence-corrected chi connectivity index (χ4v) is 1.35. The standard InChI is InChI=1S/C11H12N2O2/c1-8-4-2-3-5-9(8)12-13-10-6-7-15-11(10)14/h2-5,12H,6-7H2,1H3/b13-10-. The highest BCUT2D eigenvalue weighted by atomic mass is 16.5. The minimum atomic E-state index is -0.323. The molecule has 0 saturated carbocycles. The quantitative estimate of drug-likeness (QED) is 0.589. The third-order valence-corrected chi connectivity index (χ3v) is 2.26. The largest absolute Gasteiger partial charge is 0.461 e. The fraction of sp³-hybridized carbons (Fsp3) is 0.273. The molecule has 78 valence electrons. The summed E-state index contributed by atoms with van der Waals surface area (Å²) in [5, 5.41) is 4.03. The van der Waals surface area contributed by atoms with Crippen molar-refractivity contribution < 1.29 is 9.53 Å². The lowest BCUT2D eigenvalue weighted by molar-refractivity contribution is -0.132. The molecule has 0 amide bonds. The lowest BCUT2D eigenvalue weighted by atomic mass is 10.2. The maximum absolute atomic E-state index is 11.1. The molecule has 2 rings (SSSR count). The third-order valence-electron chi connectivity index (χ3n) is 2.26. The van der Waals surface area contributed by atoms with E-state index in [1.165, 1.54) is 0 Å². The predicted octanol–water partition coefficient (Wildman–Crippen LogP) is 1.71. The maximum Gasteiger partial charge on any atom is 0.354 e. The highest BCUT2D eigenvalue weighted by Gasteiger charge is 2.20. The van der Waals surface area contributed by atoms with Crippen LogP contribution in [0.25, 0.3) is 0 Å². The van der Waals surface area contributed by atoms with Crippen molar-refractivity contribution in [2.24, 2.45) is 5.10 Å². The molecule has 1 N–H and O–H groups in total. The van der Waals surface area contributed by atoms with Crippen molar-refractivity contribution in [3.63, 3.8) is 0 Å². The second-order valence-corrected chi connectivity index (χ2v) is 3.37. The van der Waals surface area contributed by atoms with Crippen molar-refractivity contribution in [3.05, 3.63) is 29.8 Å². The molecule has 0 bridgehead atoms. The van der Waals surface area contributed by atoms with Gasteiger partial charge >= 0.3 is 5.97 Å². The molecule has 15 heavy (non-hydrogen) atoms. The minimum absolute atomic E-state index is 0.323. The molecule has 1 heterocycles. The number of esters is 1. The van der Waals surface area contributed by atoms with Crippen LogP contribution in [0.5, 0.6) is 0 Å². The van der Waals surface area contributed by atoms with Crippen LogP contribution in [0.4, 0.5) is 5.69 Å². The van der Waals surface area contributed by atoms with E-state index in [2.05, 4.69) is 10.5 Å². The van der Waals surface area contributed by atoms with E-state index < -0.39 is 0 Å². The smallest absolute Gasteiger partial charge is 0.354 e. The van der Waals surface area contributed by atoms with Crippen LogP contribution < -0.4 is 5.43 Å². The number of carbonyl (C=O) groups is 1. The lowest BCUT2D eigenvalue weighted by Crippen LogP contribution is -2.08. The van der Waals surface area contributed by atoms with E-state index >= 15 is 0 Å². The predicted molar refractivity (Wildman–Crippen MR) is 57.8 cm³/mol. The first-order valence-electron chi connectivity index (χ1n) is 4.83. The van der Waals surface area contributed by atoms with Gasteiger partial charge in [0.05, 0.1) is 12.3 Å². The molecule has 1 aliphatic heterocycles. The highest BCUT2D eigenvalue weighted by molar-refractivity contribution is 6.38. The monoisotopic (exact) mass is 204 g/mol. The van der Waals surface area contributed by atoms with Crippen LogP contribution in [0.15, 0.2) is 29.4 Å². The van der Waals surface area contributed by atoms with Crippen LogP contribution in [0.3, 0.4) is 0 Å². The van der Waals surface area contributed by atoms with Crippen molar-refractivity contribution in [2.75, 3.05) is 12.0 Å². The molecule has 1 aromatic rings. The number of nitrogens with zero attached hydrogens (tertiary/aromatic N) is 1. The topological polar surface area (TPSA) is 50.7 Å². The molecule has 4 nitrogen and oxygen atoms in total. The molecule has 1 aliphatic rings. The number of ether oxygens (including phenoxy) is 1. The number of para-hydroxylation sites is 1. The van der Waals surface area contributed by atoms with Crippen LogP contribution in [0, 0.1) is 6.92 Å². The normalized spacial score (nSPS) is 17.9. The number of aryl methyl sites for hydroxylation is 1. The first-order chi connectivity index (χ1) is 7.27. The number of cyclic esters (lactones) is 1. The second-order valence-electron chi connectivity index (χ2n) is 3.37. The Hall–Kier alpha value is -1.84. The van der Waals surface area contributed by atoms with E-state index in [0.29, 0.717) is 18.7 Å². The zero-order valence-corrected chi connectivity index (χ0v) is 8.49.